The lowest BCUT2D eigenvalue weighted by Gasteiger charge is -2.41. The number of aliphatic hydroxyl groups is 1. The Morgan fingerprint density at radius 1 is 0.667 bits per heavy atom. The van der Waals surface area contributed by atoms with Crippen molar-refractivity contribution in [2.45, 2.75) is 103 Å². The maximum absolute atomic E-state index is 9.72. The van der Waals surface area contributed by atoms with Gasteiger partial charge in [0.25, 0.3) is 0 Å². The molecule has 0 amide bonds. The number of hydrogen-bond acceptors (Lipinski definition) is 1. The number of rotatable bonds is 5. The van der Waals surface area contributed by atoms with E-state index in [1.165, 1.54) is 77.0 Å². The molecule has 0 aliphatic heterocycles. The van der Waals surface area contributed by atoms with Crippen molar-refractivity contribution in [1.82, 2.24) is 0 Å². The first-order chi connectivity index (χ1) is 11.8. The van der Waals surface area contributed by atoms with Gasteiger partial charge >= 0.3 is 0 Å². The molecule has 0 atom stereocenters. The van der Waals surface area contributed by atoms with Gasteiger partial charge in [0.05, 0.1) is 6.10 Å². The van der Waals surface area contributed by atoms with Crippen molar-refractivity contribution in [2.24, 2.45) is 29.6 Å². The molecule has 24 heavy (non-hydrogen) atoms. The van der Waals surface area contributed by atoms with Crippen LogP contribution in [-0.2, 0) is 0 Å². The molecule has 0 unspecified atom stereocenters. The highest BCUT2D eigenvalue weighted by Crippen LogP contribution is 2.45. The van der Waals surface area contributed by atoms with Gasteiger partial charge in [0.2, 0.25) is 0 Å². The highest BCUT2D eigenvalue weighted by molar-refractivity contribution is 4.86. The minimum atomic E-state index is 0.0144. The van der Waals surface area contributed by atoms with E-state index in [9.17, 15) is 5.11 Å². The van der Waals surface area contributed by atoms with Crippen molar-refractivity contribution < 1.29 is 5.11 Å². The van der Waals surface area contributed by atoms with Crippen LogP contribution in [0, 0.1) is 29.6 Å². The molecule has 0 heterocycles. The van der Waals surface area contributed by atoms with Gasteiger partial charge in [0.1, 0.15) is 0 Å². The fourth-order valence-corrected chi connectivity index (χ4v) is 6.11. The molecule has 3 saturated carbocycles. The zero-order chi connectivity index (χ0) is 16.8. The summed E-state index contributed by atoms with van der Waals surface area (Å²) in [5.41, 5.74) is 0. The van der Waals surface area contributed by atoms with Crippen LogP contribution in [0.3, 0.4) is 0 Å². The Hall–Kier alpha value is -0.300. The molecule has 1 nitrogen and oxygen atoms in total. The van der Waals surface area contributed by atoms with Crippen LogP contribution >= 0.6 is 0 Å². The highest BCUT2D eigenvalue weighted by atomic mass is 16.3. The molecule has 138 valence electrons. The standard InChI is InChI=1S/C23H40O/c1-2-3-4-5-18-6-8-19(9-7-18)20-10-12-21(13-11-20)22-14-16-23(24)17-15-22/h2-3,18-24H,4-17H2,1H3/b3-2+. The molecule has 3 aliphatic carbocycles. The van der Waals surface area contributed by atoms with Gasteiger partial charge in [-0.05, 0) is 114 Å². The number of aliphatic hydroxyl groups excluding tert-OH is 1. The minimum Gasteiger partial charge on any atom is -0.393 e. The Morgan fingerprint density at radius 3 is 1.54 bits per heavy atom. The van der Waals surface area contributed by atoms with E-state index in [1.807, 2.05) is 0 Å². The smallest absolute Gasteiger partial charge is 0.0540 e. The van der Waals surface area contributed by atoms with Crippen molar-refractivity contribution in [3.05, 3.63) is 12.2 Å². The molecule has 3 fully saturated rings. The molecule has 3 aliphatic rings. The summed E-state index contributed by atoms with van der Waals surface area (Å²) in [5.74, 6) is 5.05. The summed E-state index contributed by atoms with van der Waals surface area (Å²) < 4.78 is 0. The minimum absolute atomic E-state index is 0.0144. The third-order valence-electron chi connectivity index (χ3n) is 7.76. The molecule has 0 bridgehead atoms. The lowest BCUT2D eigenvalue weighted by atomic mass is 9.65. The predicted molar refractivity (Wildman–Crippen MR) is 103 cm³/mol. The van der Waals surface area contributed by atoms with Crippen LogP contribution < -0.4 is 0 Å². The lowest BCUT2D eigenvalue weighted by Crippen LogP contribution is -2.30. The molecular weight excluding hydrogens is 292 g/mol. The Bertz CT molecular complexity index is 363. The van der Waals surface area contributed by atoms with E-state index < -0.39 is 0 Å². The van der Waals surface area contributed by atoms with Gasteiger partial charge in [-0.3, -0.25) is 0 Å². The first-order valence-corrected chi connectivity index (χ1v) is 11.1. The monoisotopic (exact) mass is 332 g/mol. The summed E-state index contributed by atoms with van der Waals surface area (Å²) in [4.78, 5) is 0. The maximum Gasteiger partial charge on any atom is 0.0540 e. The second kappa shape index (κ2) is 9.41. The van der Waals surface area contributed by atoms with Crippen LogP contribution in [-0.4, -0.2) is 11.2 Å². The Kier molecular flexibility index (Phi) is 7.25. The second-order valence-electron chi connectivity index (χ2n) is 9.17. The van der Waals surface area contributed by atoms with E-state index in [0.29, 0.717) is 0 Å². The van der Waals surface area contributed by atoms with Crippen molar-refractivity contribution in [3.8, 4) is 0 Å². The van der Waals surface area contributed by atoms with Crippen LogP contribution in [0.2, 0.25) is 0 Å². The topological polar surface area (TPSA) is 20.2 Å². The van der Waals surface area contributed by atoms with Gasteiger partial charge < -0.3 is 5.11 Å². The fraction of sp³-hybridized carbons (Fsp3) is 0.913. The van der Waals surface area contributed by atoms with Gasteiger partial charge in [-0.2, -0.15) is 0 Å². The van der Waals surface area contributed by atoms with Gasteiger partial charge in [-0.15, -0.1) is 0 Å². The average molecular weight is 333 g/mol. The Labute approximate surface area is 150 Å². The van der Waals surface area contributed by atoms with Gasteiger partial charge in [0.15, 0.2) is 0 Å². The summed E-state index contributed by atoms with van der Waals surface area (Å²) in [6, 6.07) is 0. The van der Waals surface area contributed by atoms with Crippen LogP contribution in [0.1, 0.15) is 96.8 Å². The molecule has 0 spiro atoms. The van der Waals surface area contributed by atoms with Gasteiger partial charge in [-0.25, -0.2) is 0 Å². The van der Waals surface area contributed by atoms with E-state index in [1.54, 1.807) is 0 Å². The molecule has 0 aromatic carbocycles. The quantitative estimate of drug-likeness (QED) is 0.569. The molecule has 3 rings (SSSR count). The van der Waals surface area contributed by atoms with Crippen LogP contribution in [0.15, 0.2) is 12.2 Å². The summed E-state index contributed by atoms with van der Waals surface area (Å²) in [6.45, 7) is 2.14. The van der Waals surface area contributed by atoms with Crippen molar-refractivity contribution in [3.63, 3.8) is 0 Å². The summed E-state index contributed by atoms with van der Waals surface area (Å²) in [6.07, 6.45) is 24.1. The molecule has 0 aromatic heterocycles. The summed E-state index contributed by atoms with van der Waals surface area (Å²) in [5, 5.41) is 9.72. The van der Waals surface area contributed by atoms with E-state index in [0.717, 1.165) is 42.4 Å². The molecule has 1 heteroatoms. The van der Waals surface area contributed by atoms with Gasteiger partial charge in [-0.1, -0.05) is 25.0 Å². The van der Waals surface area contributed by atoms with Gasteiger partial charge in [0, 0.05) is 0 Å². The van der Waals surface area contributed by atoms with E-state index in [2.05, 4.69) is 19.1 Å². The van der Waals surface area contributed by atoms with Crippen LogP contribution in [0.4, 0.5) is 0 Å². The normalized spacial score (nSPS) is 41.6. The van der Waals surface area contributed by atoms with Crippen molar-refractivity contribution in [2.75, 3.05) is 0 Å². The van der Waals surface area contributed by atoms with Crippen LogP contribution in [0.25, 0.3) is 0 Å². The highest BCUT2D eigenvalue weighted by Gasteiger charge is 2.34. The van der Waals surface area contributed by atoms with Crippen LogP contribution in [0.5, 0.6) is 0 Å². The zero-order valence-electron chi connectivity index (χ0n) is 16.0. The molecule has 0 radical (unpaired) electrons. The number of hydrogen-bond donors (Lipinski definition) is 1. The fourth-order valence-electron chi connectivity index (χ4n) is 6.11. The van der Waals surface area contributed by atoms with E-state index in [4.69, 9.17) is 0 Å². The van der Waals surface area contributed by atoms with Crippen molar-refractivity contribution >= 4 is 0 Å². The Balaban J connectivity index is 1.35. The third-order valence-corrected chi connectivity index (χ3v) is 7.76. The molecule has 0 saturated heterocycles. The zero-order valence-corrected chi connectivity index (χ0v) is 16.0. The first kappa shape index (κ1) is 18.5. The SMILES string of the molecule is C/C=C/CCC1CCC(C2CCC(C3CCC(O)CC3)CC2)CC1. The summed E-state index contributed by atoms with van der Waals surface area (Å²) in [7, 11) is 0. The largest absolute Gasteiger partial charge is 0.393 e. The number of allylic oxidation sites excluding steroid dienone is 2. The summed E-state index contributed by atoms with van der Waals surface area (Å²) >= 11 is 0. The predicted octanol–water partition coefficient (Wildman–Crippen LogP) is 6.51. The first-order valence-electron chi connectivity index (χ1n) is 11.1. The second-order valence-corrected chi connectivity index (χ2v) is 9.17. The third kappa shape index (κ3) is 5.10. The Morgan fingerprint density at radius 2 is 1.08 bits per heavy atom. The van der Waals surface area contributed by atoms with Crippen molar-refractivity contribution in [1.29, 1.82) is 0 Å². The lowest BCUT2D eigenvalue weighted by molar-refractivity contribution is 0.0667. The van der Waals surface area contributed by atoms with E-state index >= 15 is 0 Å². The molecule has 1 N–H and O–H groups in total. The molecular formula is C23H40O. The van der Waals surface area contributed by atoms with E-state index in [-0.39, 0.29) is 6.10 Å². The molecule has 0 aromatic rings. The average Bonchev–Trinajstić information content (AvgIpc) is 2.63. The maximum atomic E-state index is 9.72.